The van der Waals surface area contributed by atoms with Crippen LogP contribution >= 0.6 is 22.9 Å². The van der Waals surface area contributed by atoms with E-state index in [1.54, 1.807) is 29.5 Å². The Morgan fingerprint density at radius 3 is 2.58 bits per heavy atom. The molecular weight excluding hydrogens is 428 g/mol. The van der Waals surface area contributed by atoms with Gasteiger partial charge in [-0.1, -0.05) is 48.5 Å². The lowest BCUT2D eigenvalue weighted by Crippen LogP contribution is -2.33. The number of aromatic amines is 1. The highest BCUT2D eigenvalue weighted by Crippen LogP contribution is 2.28. The van der Waals surface area contributed by atoms with Crippen molar-refractivity contribution in [3.8, 4) is 21.9 Å². The molecule has 0 saturated heterocycles. The number of H-pyrrole nitrogens is 1. The summed E-state index contributed by atoms with van der Waals surface area (Å²) in [6, 6.07) is 21.0. The molecule has 0 amide bonds. The maximum Gasteiger partial charge on any atom is 0.279 e. The summed E-state index contributed by atoms with van der Waals surface area (Å²) in [6.07, 6.45) is 3.77. The Kier molecular flexibility index (Phi) is 4.94. The minimum atomic E-state index is -0.197. The van der Waals surface area contributed by atoms with Crippen molar-refractivity contribution in [3.63, 3.8) is 0 Å². The Morgan fingerprint density at radius 2 is 1.84 bits per heavy atom. The summed E-state index contributed by atoms with van der Waals surface area (Å²) in [5, 5.41) is 11.4. The van der Waals surface area contributed by atoms with Crippen LogP contribution in [0.5, 0.6) is 0 Å². The molecule has 0 radical (unpaired) electrons. The largest absolute Gasteiger partial charge is 0.291 e. The first-order valence-corrected chi connectivity index (χ1v) is 10.8. The summed E-state index contributed by atoms with van der Waals surface area (Å²) in [4.78, 5) is 14.2. The van der Waals surface area contributed by atoms with Crippen LogP contribution in [-0.4, -0.2) is 19.6 Å². The summed E-state index contributed by atoms with van der Waals surface area (Å²) < 4.78 is 3.28. The number of rotatable bonds is 4. The molecule has 5 nitrogen and oxygen atoms in total. The molecule has 0 atom stereocenters. The van der Waals surface area contributed by atoms with E-state index >= 15 is 0 Å². The predicted octanol–water partition coefficient (Wildman–Crippen LogP) is 3.97. The van der Waals surface area contributed by atoms with Crippen LogP contribution in [0.15, 0.2) is 83.1 Å². The summed E-state index contributed by atoms with van der Waals surface area (Å²) in [6.45, 7) is 4.04. The summed E-state index contributed by atoms with van der Waals surface area (Å²) in [7, 11) is 0. The molecule has 2 aromatic carbocycles. The zero-order valence-corrected chi connectivity index (χ0v) is 17.9. The number of nitrogens with zero attached hydrogens (tertiary/aromatic N) is 3. The summed E-state index contributed by atoms with van der Waals surface area (Å²) in [5.41, 5.74) is 3.05. The van der Waals surface area contributed by atoms with Crippen molar-refractivity contribution < 1.29 is 0 Å². The van der Waals surface area contributed by atoms with Crippen molar-refractivity contribution >= 4 is 35.6 Å². The zero-order valence-electron chi connectivity index (χ0n) is 16.3. The van der Waals surface area contributed by atoms with Crippen LogP contribution in [0.3, 0.4) is 0 Å². The third-order valence-corrected chi connectivity index (χ3v) is 6.00. The van der Waals surface area contributed by atoms with Gasteiger partial charge in [-0.05, 0) is 47.9 Å². The van der Waals surface area contributed by atoms with Crippen LogP contribution in [0, 0.1) is 0 Å². The second kappa shape index (κ2) is 7.91. The zero-order chi connectivity index (χ0) is 21.4. The third kappa shape index (κ3) is 3.67. The highest BCUT2D eigenvalue weighted by molar-refractivity contribution is 7.13. The Hall–Kier alpha value is -3.61. The van der Waals surface area contributed by atoms with Crippen molar-refractivity contribution in [2.45, 2.75) is 0 Å². The van der Waals surface area contributed by atoms with Gasteiger partial charge in [-0.15, -0.1) is 11.3 Å². The van der Waals surface area contributed by atoms with Crippen LogP contribution in [0.4, 0.5) is 0 Å². The molecule has 0 bridgehead atoms. The van der Waals surface area contributed by atoms with E-state index in [1.807, 2.05) is 70.9 Å². The topological polar surface area (TPSA) is 55.6 Å². The van der Waals surface area contributed by atoms with Crippen molar-refractivity contribution in [3.05, 3.63) is 110 Å². The van der Waals surface area contributed by atoms with E-state index in [-0.39, 0.29) is 5.56 Å². The SMILES string of the molecule is C=c1[nH]n(-c2cccc(Cl)c2)c(=O)c1=Cc1cn(-c2ccccc2)nc1-c1cccs1. The number of benzene rings is 2. The summed E-state index contributed by atoms with van der Waals surface area (Å²) in [5.74, 6) is 0. The first kappa shape index (κ1) is 19.4. The van der Waals surface area contributed by atoms with E-state index in [4.69, 9.17) is 16.7 Å². The molecular formula is C24H17ClN4OS. The molecule has 0 aliphatic carbocycles. The Balaban J connectivity index is 1.70. The van der Waals surface area contributed by atoms with E-state index in [2.05, 4.69) is 11.7 Å². The molecule has 0 aliphatic heterocycles. The molecule has 3 heterocycles. The van der Waals surface area contributed by atoms with Crippen molar-refractivity contribution in [2.24, 2.45) is 0 Å². The number of nitrogens with one attached hydrogen (secondary N) is 1. The Labute approximate surface area is 186 Å². The predicted molar refractivity (Wildman–Crippen MR) is 127 cm³/mol. The average molecular weight is 445 g/mol. The van der Waals surface area contributed by atoms with Gasteiger partial charge in [0.25, 0.3) is 5.56 Å². The Bertz CT molecular complexity index is 1530. The van der Waals surface area contributed by atoms with Gasteiger partial charge in [0.15, 0.2) is 0 Å². The molecule has 0 saturated carbocycles. The second-order valence-corrected chi connectivity index (χ2v) is 8.34. The number of hydrogen-bond donors (Lipinski definition) is 1. The molecule has 5 rings (SSSR count). The van der Waals surface area contributed by atoms with E-state index in [0.29, 0.717) is 21.3 Å². The molecule has 5 aromatic rings. The lowest BCUT2D eigenvalue weighted by molar-refractivity contribution is 0.838. The molecule has 0 spiro atoms. The van der Waals surface area contributed by atoms with Crippen molar-refractivity contribution in [1.29, 1.82) is 0 Å². The highest BCUT2D eigenvalue weighted by atomic mass is 35.5. The molecule has 3 aromatic heterocycles. The number of hydrogen-bond acceptors (Lipinski definition) is 3. The van der Waals surface area contributed by atoms with Gasteiger partial charge >= 0.3 is 0 Å². The van der Waals surface area contributed by atoms with Gasteiger partial charge in [-0.25, -0.2) is 9.36 Å². The number of para-hydroxylation sites is 1. The fourth-order valence-electron chi connectivity index (χ4n) is 3.41. The van der Waals surface area contributed by atoms with Crippen molar-refractivity contribution in [2.75, 3.05) is 0 Å². The van der Waals surface area contributed by atoms with Crippen LogP contribution in [-0.2, 0) is 0 Å². The van der Waals surface area contributed by atoms with Crippen LogP contribution < -0.4 is 16.1 Å². The molecule has 0 fully saturated rings. The standard InChI is InChI=1S/C24H17ClN4OS/c1-16-21(24(30)29(26-16)20-10-5-7-18(25)14-20)13-17-15-28(19-8-3-2-4-9-19)27-23(17)22-11-6-12-31-22/h2-15,26H,1H2. The van der Waals surface area contributed by atoms with Gasteiger partial charge in [-0.3, -0.25) is 9.89 Å². The fourth-order valence-corrected chi connectivity index (χ4v) is 4.32. The highest BCUT2D eigenvalue weighted by Gasteiger charge is 2.13. The van der Waals surface area contributed by atoms with Gasteiger partial charge in [0.05, 0.1) is 26.8 Å². The smallest absolute Gasteiger partial charge is 0.279 e. The maximum absolute atomic E-state index is 13.2. The molecule has 31 heavy (non-hydrogen) atoms. The Morgan fingerprint density at radius 1 is 1.03 bits per heavy atom. The summed E-state index contributed by atoms with van der Waals surface area (Å²) >= 11 is 7.70. The van der Waals surface area contributed by atoms with Crippen LogP contribution in [0.2, 0.25) is 5.02 Å². The van der Waals surface area contributed by atoms with E-state index in [1.165, 1.54) is 4.68 Å². The number of thiophene rings is 1. The molecule has 152 valence electrons. The normalized spacial score (nSPS) is 11.8. The average Bonchev–Trinajstić information content (AvgIpc) is 3.50. The number of aromatic nitrogens is 4. The monoisotopic (exact) mass is 444 g/mol. The van der Waals surface area contributed by atoms with Gasteiger partial charge in [-0.2, -0.15) is 5.10 Å². The lowest BCUT2D eigenvalue weighted by atomic mass is 10.2. The first-order valence-electron chi connectivity index (χ1n) is 9.57. The van der Waals surface area contributed by atoms with Crippen LogP contribution in [0.25, 0.3) is 34.6 Å². The van der Waals surface area contributed by atoms with Crippen molar-refractivity contribution in [1.82, 2.24) is 19.6 Å². The maximum atomic E-state index is 13.2. The quantitative estimate of drug-likeness (QED) is 0.456. The van der Waals surface area contributed by atoms with E-state index in [9.17, 15) is 4.79 Å². The van der Waals surface area contributed by atoms with Gasteiger partial charge < -0.3 is 0 Å². The lowest BCUT2D eigenvalue weighted by Gasteiger charge is -2.00. The van der Waals surface area contributed by atoms with Gasteiger partial charge in [0.2, 0.25) is 0 Å². The molecule has 0 unspecified atom stereocenters. The number of halogens is 1. The molecule has 1 N–H and O–H groups in total. The first-order chi connectivity index (χ1) is 15.1. The third-order valence-electron chi connectivity index (χ3n) is 4.89. The van der Waals surface area contributed by atoms with E-state index < -0.39 is 0 Å². The molecule has 0 aliphatic rings. The minimum absolute atomic E-state index is 0.197. The fraction of sp³-hybridized carbons (Fsp3) is 0. The second-order valence-electron chi connectivity index (χ2n) is 6.96. The molecule has 7 heteroatoms. The van der Waals surface area contributed by atoms with Gasteiger partial charge in [0.1, 0.15) is 5.69 Å². The van der Waals surface area contributed by atoms with Crippen LogP contribution in [0.1, 0.15) is 5.56 Å². The minimum Gasteiger partial charge on any atom is -0.291 e. The van der Waals surface area contributed by atoms with Gasteiger partial charge in [0, 0.05) is 16.8 Å². The van der Waals surface area contributed by atoms with E-state index in [0.717, 1.165) is 21.8 Å².